The topological polar surface area (TPSA) is 58.4 Å². The molecule has 0 aliphatic heterocycles. The van der Waals surface area contributed by atoms with Gasteiger partial charge < -0.3 is 11.1 Å². The van der Waals surface area contributed by atoms with Crippen molar-refractivity contribution in [3.63, 3.8) is 0 Å². The minimum atomic E-state index is -0.0922. The molecule has 0 aliphatic rings. The Kier molecular flexibility index (Phi) is 6.18. The fourth-order valence-corrected chi connectivity index (χ4v) is 2.77. The van der Waals surface area contributed by atoms with Gasteiger partial charge >= 0.3 is 0 Å². The van der Waals surface area contributed by atoms with E-state index in [0.29, 0.717) is 17.8 Å². The Morgan fingerprint density at radius 3 is 2.39 bits per heavy atom. The molecule has 122 valence electrons. The molecule has 4 nitrogen and oxygen atoms in total. The molecule has 1 amide bonds. The van der Waals surface area contributed by atoms with Gasteiger partial charge in [-0.05, 0) is 36.9 Å². The fraction of sp³-hybridized carbons (Fsp3) is 0.316. The molecule has 0 saturated carbocycles. The Morgan fingerprint density at radius 2 is 1.78 bits per heavy atom. The molecule has 23 heavy (non-hydrogen) atoms. The fourth-order valence-electron chi connectivity index (χ4n) is 2.77. The van der Waals surface area contributed by atoms with E-state index in [2.05, 4.69) is 36.2 Å². The van der Waals surface area contributed by atoms with Crippen LogP contribution in [0.4, 0.5) is 5.69 Å². The molecule has 0 aliphatic carbocycles. The normalized spacial score (nSPS) is 12.1. The second-order valence-electron chi connectivity index (χ2n) is 5.48. The number of hydrogen-bond acceptors (Lipinski definition) is 3. The third-order valence-corrected chi connectivity index (χ3v) is 4.04. The number of carbonyl (C=O) groups excluding carboxylic acids is 1. The maximum atomic E-state index is 12.3. The van der Waals surface area contributed by atoms with Crippen LogP contribution in [0.2, 0.25) is 0 Å². The average Bonchev–Trinajstić information content (AvgIpc) is 2.59. The first-order chi connectivity index (χ1) is 11.2. The number of nitrogens with zero attached hydrogens (tertiary/aromatic N) is 1. The number of nitrogen functional groups attached to an aromatic ring is 1. The molecule has 0 radical (unpaired) electrons. The number of nitrogens with one attached hydrogen (secondary N) is 1. The number of anilines is 1. The number of nitrogens with two attached hydrogens (primary N) is 1. The first kappa shape index (κ1) is 17.0. The van der Waals surface area contributed by atoms with Crippen LogP contribution in [0.5, 0.6) is 0 Å². The monoisotopic (exact) mass is 311 g/mol. The van der Waals surface area contributed by atoms with Crippen LogP contribution in [0.1, 0.15) is 35.8 Å². The van der Waals surface area contributed by atoms with E-state index in [0.717, 1.165) is 13.1 Å². The van der Waals surface area contributed by atoms with Crippen LogP contribution in [0.3, 0.4) is 0 Å². The van der Waals surface area contributed by atoms with Gasteiger partial charge in [0, 0.05) is 17.8 Å². The molecule has 0 bridgehead atoms. The first-order valence-electron chi connectivity index (χ1n) is 8.08. The van der Waals surface area contributed by atoms with Crippen molar-refractivity contribution in [2.75, 3.05) is 25.4 Å². The molecule has 0 saturated heterocycles. The second-order valence-corrected chi connectivity index (χ2v) is 5.48. The number of carbonyl (C=O) groups is 1. The maximum absolute atomic E-state index is 12.3. The van der Waals surface area contributed by atoms with Gasteiger partial charge in [0.15, 0.2) is 0 Å². The average molecular weight is 311 g/mol. The predicted octanol–water partition coefficient (Wildman–Crippen LogP) is 3.08. The predicted molar refractivity (Wildman–Crippen MR) is 95.3 cm³/mol. The highest BCUT2D eigenvalue weighted by Gasteiger charge is 2.18. The van der Waals surface area contributed by atoms with Gasteiger partial charge in [-0.25, -0.2) is 0 Å². The summed E-state index contributed by atoms with van der Waals surface area (Å²) in [6, 6.07) is 17.5. The highest BCUT2D eigenvalue weighted by molar-refractivity contribution is 5.95. The largest absolute Gasteiger partial charge is 0.399 e. The maximum Gasteiger partial charge on any atom is 0.251 e. The molecule has 2 aromatic rings. The number of amides is 1. The molecule has 4 heteroatoms. The first-order valence-corrected chi connectivity index (χ1v) is 8.08. The summed E-state index contributed by atoms with van der Waals surface area (Å²) in [5, 5.41) is 3.04. The van der Waals surface area contributed by atoms with Crippen LogP contribution in [0, 0.1) is 0 Å². The van der Waals surface area contributed by atoms with Gasteiger partial charge in [0.05, 0.1) is 6.04 Å². The van der Waals surface area contributed by atoms with Crippen molar-refractivity contribution in [1.29, 1.82) is 0 Å². The summed E-state index contributed by atoms with van der Waals surface area (Å²) in [6.07, 6.45) is 0. The van der Waals surface area contributed by atoms with Crippen molar-refractivity contribution in [3.05, 3.63) is 65.7 Å². The van der Waals surface area contributed by atoms with Gasteiger partial charge in [-0.2, -0.15) is 0 Å². The van der Waals surface area contributed by atoms with Crippen LogP contribution >= 0.6 is 0 Å². The highest BCUT2D eigenvalue weighted by atomic mass is 16.1. The molecule has 0 spiro atoms. The Balaban J connectivity index is 2.10. The van der Waals surface area contributed by atoms with Crippen molar-refractivity contribution >= 4 is 11.6 Å². The smallest absolute Gasteiger partial charge is 0.251 e. The van der Waals surface area contributed by atoms with Gasteiger partial charge in [-0.1, -0.05) is 50.2 Å². The van der Waals surface area contributed by atoms with E-state index >= 15 is 0 Å². The van der Waals surface area contributed by atoms with Crippen molar-refractivity contribution in [3.8, 4) is 0 Å². The molecule has 0 fully saturated rings. The van der Waals surface area contributed by atoms with Gasteiger partial charge in [-0.3, -0.25) is 9.69 Å². The minimum absolute atomic E-state index is 0.0922. The van der Waals surface area contributed by atoms with E-state index in [1.165, 1.54) is 5.56 Å². The number of benzene rings is 2. The molecule has 3 N–H and O–H groups in total. The third kappa shape index (κ3) is 4.57. The third-order valence-electron chi connectivity index (χ3n) is 4.04. The lowest BCUT2D eigenvalue weighted by Crippen LogP contribution is -2.38. The number of hydrogen-bond donors (Lipinski definition) is 2. The summed E-state index contributed by atoms with van der Waals surface area (Å²) in [6.45, 7) is 6.71. The van der Waals surface area contributed by atoms with Gasteiger partial charge in [0.1, 0.15) is 0 Å². The van der Waals surface area contributed by atoms with E-state index in [9.17, 15) is 4.79 Å². The van der Waals surface area contributed by atoms with E-state index in [1.807, 2.05) is 18.2 Å². The van der Waals surface area contributed by atoms with E-state index < -0.39 is 0 Å². The zero-order valence-electron chi connectivity index (χ0n) is 13.8. The zero-order valence-corrected chi connectivity index (χ0v) is 13.8. The van der Waals surface area contributed by atoms with Gasteiger partial charge in [0.2, 0.25) is 0 Å². The van der Waals surface area contributed by atoms with Crippen molar-refractivity contribution < 1.29 is 4.79 Å². The van der Waals surface area contributed by atoms with E-state index in [1.54, 1.807) is 24.3 Å². The molecule has 2 aromatic carbocycles. The highest BCUT2D eigenvalue weighted by Crippen LogP contribution is 2.19. The molecule has 2 rings (SSSR count). The molecule has 1 atom stereocenters. The van der Waals surface area contributed by atoms with Crippen LogP contribution in [-0.2, 0) is 0 Å². The summed E-state index contributed by atoms with van der Waals surface area (Å²) in [7, 11) is 0. The molecule has 0 heterocycles. The molecular weight excluding hydrogens is 286 g/mol. The van der Waals surface area contributed by atoms with Crippen LogP contribution in [0.25, 0.3) is 0 Å². The summed E-state index contributed by atoms with van der Waals surface area (Å²) in [4.78, 5) is 14.7. The lowest BCUT2D eigenvalue weighted by atomic mass is 10.0. The standard InChI is InChI=1S/C19H25N3O/c1-3-22(4-2)18(15-9-6-5-7-10-15)14-21-19(23)16-11-8-12-17(20)13-16/h5-13,18H,3-4,14,20H2,1-2H3,(H,21,23). The number of rotatable bonds is 7. The molecular formula is C19H25N3O. The summed E-state index contributed by atoms with van der Waals surface area (Å²) < 4.78 is 0. The summed E-state index contributed by atoms with van der Waals surface area (Å²) >= 11 is 0. The summed E-state index contributed by atoms with van der Waals surface area (Å²) in [5.41, 5.74) is 8.15. The lowest BCUT2D eigenvalue weighted by Gasteiger charge is -2.30. The van der Waals surface area contributed by atoms with Crippen molar-refractivity contribution in [1.82, 2.24) is 10.2 Å². The van der Waals surface area contributed by atoms with Gasteiger partial charge in [0.25, 0.3) is 5.91 Å². The molecule has 0 aromatic heterocycles. The van der Waals surface area contributed by atoms with E-state index in [-0.39, 0.29) is 11.9 Å². The Hall–Kier alpha value is -2.33. The minimum Gasteiger partial charge on any atom is -0.399 e. The van der Waals surface area contributed by atoms with Crippen molar-refractivity contribution in [2.45, 2.75) is 19.9 Å². The lowest BCUT2D eigenvalue weighted by molar-refractivity contribution is 0.0935. The van der Waals surface area contributed by atoms with Gasteiger partial charge in [-0.15, -0.1) is 0 Å². The van der Waals surface area contributed by atoms with E-state index in [4.69, 9.17) is 5.73 Å². The van der Waals surface area contributed by atoms with Crippen LogP contribution in [-0.4, -0.2) is 30.4 Å². The Labute approximate surface area is 138 Å². The Morgan fingerprint density at radius 1 is 1.09 bits per heavy atom. The second kappa shape index (κ2) is 8.34. The SMILES string of the molecule is CCN(CC)C(CNC(=O)c1cccc(N)c1)c1ccccc1. The Bertz CT molecular complexity index is 624. The quantitative estimate of drug-likeness (QED) is 0.773. The van der Waals surface area contributed by atoms with Crippen LogP contribution < -0.4 is 11.1 Å². The number of likely N-dealkylation sites (N-methyl/N-ethyl adjacent to an activating group) is 1. The molecule has 1 unspecified atom stereocenters. The van der Waals surface area contributed by atoms with Crippen molar-refractivity contribution in [2.24, 2.45) is 0 Å². The zero-order chi connectivity index (χ0) is 16.7. The summed E-state index contributed by atoms with van der Waals surface area (Å²) in [5.74, 6) is -0.0922. The van der Waals surface area contributed by atoms with Crippen LogP contribution in [0.15, 0.2) is 54.6 Å².